The summed E-state index contributed by atoms with van der Waals surface area (Å²) in [4.78, 5) is 0. The number of hydrogen-bond acceptors (Lipinski definition) is 0. The van der Waals surface area contributed by atoms with E-state index in [0.29, 0.717) is 0 Å². The molecular formula is C9H14Si. The van der Waals surface area contributed by atoms with Crippen LogP contribution in [-0.2, 0) is 0 Å². The molecule has 0 aliphatic heterocycles. The topological polar surface area (TPSA) is 0 Å². The zero-order valence-corrected chi connectivity index (χ0v) is 8.04. The van der Waals surface area contributed by atoms with E-state index in [0.717, 1.165) is 0 Å². The molecule has 0 heterocycles. The van der Waals surface area contributed by atoms with Crippen LogP contribution < -0.4 is 5.19 Å². The molecule has 0 unspecified atom stereocenters. The Bertz CT molecular complexity index is 216. The fourth-order valence-electron chi connectivity index (χ4n) is 1.03. The van der Waals surface area contributed by atoms with Crippen LogP contribution >= 0.6 is 0 Å². The van der Waals surface area contributed by atoms with Gasteiger partial charge in [0.25, 0.3) is 0 Å². The zero-order chi connectivity index (χ0) is 7.56. The van der Waals surface area contributed by atoms with Gasteiger partial charge in [0.05, 0.1) is 8.80 Å². The third kappa shape index (κ3) is 1.71. The molecule has 1 aromatic carbocycles. The van der Waals surface area contributed by atoms with Crippen LogP contribution in [-0.4, -0.2) is 8.80 Å². The molecule has 54 valence electrons. The van der Waals surface area contributed by atoms with Crippen molar-refractivity contribution >= 4 is 14.0 Å². The summed E-state index contributed by atoms with van der Waals surface area (Å²) in [5, 5.41) is 1.57. The van der Waals surface area contributed by atoms with E-state index in [-0.39, 0.29) is 0 Å². The highest BCUT2D eigenvalue weighted by atomic mass is 28.3. The van der Waals surface area contributed by atoms with Gasteiger partial charge >= 0.3 is 0 Å². The van der Waals surface area contributed by atoms with Crippen molar-refractivity contribution in [3.05, 3.63) is 29.8 Å². The molecule has 0 nitrogen and oxygen atoms in total. The number of hydrogen-bond donors (Lipinski definition) is 0. The Morgan fingerprint density at radius 1 is 1.20 bits per heavy atom. The normalized spacial score (nSPS) is 10.4. The highest BCUT2D eigenvalue weighted by Gasteiger charge is 1.97. The monoisotopic (exact) mass is 150 g/mol. The molecule has 0 radical (unpaired) electrons. The molecule has 0 saturated heterocycles. The molecule has 0 aliphatic carbocycles. The summed E-state index contributed by atoms with van der Waals surface area (Å²) in [6.45, 7) is 6.86. The molecule has 0 atom stereocenters. The Morgan fingerprint density at radius 3 is 2.30 bits per heavy atom. The van der Waals surface area contributed by atoms with E-state index in [1.54, 1.807) is 5.19 Å². The second kappa shape index (κ2) is 3.02. The van der Waals surface area contributed by atoms with Gasteiger partial charge < -0.3 is 0 Å². The van der Waals surface area contributed by atoms with Gasteiger partial charge in [-0.1, -0.05) is 48.1 Å². The van der Waals surface area contributed by atoms with Gasteiger partial charge in [0.2, 0.25) is 0 Å². The molecule has 0 amide bonds. The minimum Gasteiger partial charge on any atom is -0.0682 e. The Morgan fingerprint density at radius 2 is 1.90 bits per heavy atom. The standard InChI is InChI=1S/C9H14Si/c1-8-5-4-6-9(7-8)10(2)3/h4-7,10H,1-3H3. The van der Waals surface area contributed by atoms with E-state index < -0.39 is 8.80 Å². The first-order valence-corrected chi connectivity index (χ1v) is 6.65. The number of rotatable bonds is 1. The summed E-state index contributed by atoms with van der Waals surface area (Å²) < 4.78 is 0. The smallest absolute Gasteiger partial charge is 0.0647 e. The molecular weight excluding hydrogens is 136 g/mol. The van der Waals surface area contributed by atoms with E-state index in [9.17, 15) is 0 Å². The summed E-state index contributed by atoms with van der Waals surface area (Å²) in [5.41, 5.74) is 1.39. The predicted octanol–water partition coefficient (Wildman–Crippen LogP) is 1.69. The molecule has 0 aliphatic rings. The molecule has 1 heteroatoms. The second-order valence-corrected chi connectivity index (χ2v) is 6.04. The quantitative estimate of drug-likeness (QED) is 0.534. The van der Waals surface area contributed by atoms with E-state index in [1.165, 1.54) is 5.56 Å². The Labute approximate surface area is 64.5 Å². The van der Waals surface area contributed by atoms with Crippen LogP contribution in [0.4, 0.5) is 0 Å². The van der Waals surface area contributed by atoms with Crippen molar-refractivity contribution in [3.63, 3.8) is 0 Å². The van der Waals surface area contributed by atoms with Crippen LogP contribution in [0.1, 0.15) is 5.56 Å². The van der Waals surface area contributed by atoms with E-state index in [1.807, 2.05) is 0 Å². The van der Waals surface area contributed by atoms with Crippen LogP contribution in [0.3, 0.4) is 0 Å². The maximum absolute atomic E-state index is 2.36. The summed E-state index contributed by atoms with van der Waals surface area (Å²) >= 11 is 0. The lowest BCUT2D eigenvalue weighted by Gasteiger charge is -2.03. The Hall–Kier alpha value is -0.563. The summed E-state index contributed by atoms with van der Waals surface area (Å²) in [6, 6.07) is 8.85. The maximum atomic E-state index is 2.36. The van der Waals surface area contributed by atoms with Gasteiger partial charge in [0.1, 0.15) is 0 Å². The van der Waals surface area contributed by atoms with Crippen molar-refractivity contribution in [1.82, 2.24) is 0 Å². The molecule has 0 fully saturated rings. The van der Waals surface area contributed by atoms with Gasteiger partial charge in [-0.3, -0.25) is 0 Å². The molecule has 10 heavy (non-hydrogen) atoms. The number of benzene rings is 1. The van der Waals surface area contributed by atoms with Crippen LogP contribution in [0.15, 0.2) is 24.3 Å². The van der Waals surface area contributed by atoms with Crippen LogP contribution in [0.5, 0.6) is 0 Å². The lowest BCUT2D eigenvalue weighted by molar-refractivity contribution is 1.49. The van der Waals surface area contributed by atoms with E-state index in [2.05, 4.69) is 44.3 Å². The van der Waals surface area contributed by atoms with Crippen LogP contribution in [0, 0.1) is 6.92 Å². The highest BCUT2D eigenvalue weighted by molar-refractivity contribution is 6.70. The van der Waals surface area contributed by atoms with E-state index in [4.69, 9.17) is 0 Å². The average Bonchev–Trinajstić information content (AvgIpc) is 1.88. The second-order valence-electron chi connectivity index (χ2n) is 3.07. The molecule has 0 N–H and O–H groups in total. The summed E-state index contributed by atoms with van der Waals surface area (Å²) in [5.74, 6) is 0. The van der Waals surface area contributed by atoms with Crippen molar-refractivity contribution in [2.45, 2.75) is 20.0 Å². The summed E-state index contributed by atoms with van der Waals surface area (Å²) in [7, 11) is -0.557. The van der Waals surface area contributed by atoms with Crippen molar-refractivity contribution in [3.8, 4) is 0 Å². The molecule has 1 rings (SSSR count). The zero-order valence-electron chi connectivity index (χ0n) is 6.89. The Kier molecular flexibility index (Phi) is 2.28. The first-order valence-electron chi connectivity index (χ1n) is 3.76. The van der Waals surface area contributed by atoms with Gasteiger partial charge in [0.15, 0.2) is 0 Å². The lowest BCUT2D eigenvalue weighted by Crippen LogP contribution is -2.22. The maximum Gasteiger partial charge on any atom is 0.0647 e. The molecule has 0 saturated carbocycles. The minimum absolute atomic E-state index is 0.557. The van der Waals surface area contributed by atoms with Gasteiger partial charge in [0, 0.05) is 0 Å². The largest absolute Gasteiger partial charge is 0.0682 e. The predicted molar refractivity (Wildman–Crippen MR) is 49.7 cm³/mol. The molecule has 1 aromatic rings. The van der Waals surface area contributed by atoms with Crippen molar-refractivity contribution < 1.29 is 0 Å². The van der Waals surface area contributed by atoms with Gasteiger partial charge in [-0.25, -0.2) is 0 Å². The van der Waals surface area contributed by atoms with Gasteiger partial charge in [-0.05, 0) is 6.92 Å². The average molecular weight is 150 g/mol. The van der Waals surface area contributed by atoms with Crippen molar-refractivity contribution in [1.29, 1.82) is 0 Å². The third-order valence-electron chi connectivity index (χ3n) is 1.71. The SMILES string of the molecule is Cc1cccc([SiH](C)C)c1. The van der Waals surface area contributed by atoms with Crippen LogP contribution in [0.25, 0.3) is 0 Å². The van der Waals surface area contributed by atoms with Crippen LogP contribution in [0.2, 0.25) is 13.1 Å². The lowest BCUT2D eigenvalue weighted by atomic mass is 10.2. The summed E-state index contributed by atoms with van der Waals surface area (Å²) in [6.07, 6.45) is 0. The third-order valence-corrected chi connectivity index (χ3v) is 3.40. The number of aryl methyl sites for hydroxylation is 1. The fourth-order valence-corrected chi connectivity index (χ4v) is 2.12. The highest BCUT2D eigenvalue weighted by Crippen LogP contribution is 1.94. The first-order chi connectivity index (χ1) is 4.70. The van der Waals surface area contributed by atoms with E-state index >= 15 is 0 Å². The molecule has 0 aromatic heterocycles. The van der Waals surface area contributed by atoms with Crippen molar-refractivity contribution in [2.24, 2.45) is 0 Å². The van der Waals surface area contributed by atoms with Gasteiger partial charge in [-0.2, -0.15) is 0 Å². The minimum atomic E-state index is -0.557. The first kappa shape index (κ1) is 7.54. The fraction of sp³-hybridized carbons (Fsp3) is 0.333. The molecule has 0 bridgehead atoms. The van der Waals surface area contributed by atoms with Crippen molar-refractivity contribution in [2.75, 3.05) is 0 Å². The Balaban J connectivity index is 2.96. The van der Waals surface area contributed by atoms with Gasteiger partial charge in [-0.15, -0.1) is 0 Å². The molecule has 0 spiro atoms.